The minimum atomic E-state index is -0.573. The molecule has 2 rings (SSSR count). The predicted molar refractivity (Wildman–Crippen MR) is 141 cm³/mol. The van der Waals surface area contributed by atoms with Gasteiger partial charge in [0.2, 0.25) is 17.7 Å². The average Bonchev–Trinajstić information content (AvgIpc) is 3.19. The van der Waals surface area contributed by atoms with Gasteiger partial charge in [-0.15, -0.1) is 0 Å². The predicted octanol–water partition coefficient (Wildman–Crippen LogP) is 2.22. The molecule has 1 atom stereocenters. The second-order valence-corrected chi connectivity index (χ2v) is 10.9. The Balaban J connectivity index is 2.18. The molecule has 0 aromatic carbocycles. The van der Waals surface area contributed by atoms with Crippen LogP contribution in [0.5, 0.6) is 0 Å². The Labute approximate surface area is 217 Å². The van der Waals surface area contributed by atoms with Crippen molar-refractivity contribution in [2.24, 2.45) is 5.92 Å². The number of likely N-dealkylation sites (tertiary alicyclic amines) is 1. The summed E-state index contributed by atoms with van der Waals surface area (Å²) in [6.07, 6.45) is 3.27. The molecule has 1 saturated heterocycles. The molecule has 0 bridgehead atoms. The van der Waals surface area contributed by atoms with E-state index in [9.17, 15) is 19.2 Å². The summed E-state index contributed by atoms with van der Waals surface area (Å²) in [5, 5.41) is 2.93. The first-order chi connectivity index (χ1) is 16.9. The summed E-state index contributed by atoms with van der Waals surface area (Å²) in [4.78, 5) is 59.2. The van der Waals surface area contributed by atoms with E-state index in [1.165, 1.54) is 0 Å². The summed E-state index contributed by atoms with van der Waals surface area (Å²) in [6, 6.07) is 0.0343. The first-order valence-electron chi connectivity index (χ1n) is 13.5. The molecule has 1 N–H and O–H groups in total. The van der Waals surface area contributed by atoms with Gasteiger partial charge >= 0.3 is 0 Å². The van der Waals surface area contributed by atoms with E-state index in [0.717, 1.165) is 25.9 Å². The second kappa shape index (κ2) is 13.8. The van der Waals surface area contributed by atoms with E-state index in [1.807, 2.05) is 58.5 Å². The van der Waals surface area contributed by atoms with Crippen molar-refractivity contribution in [3.63, 3.8) is 0 Å². The maximum Gasteiger partial charge on any atom is 0.252 e. The smallest absolute Gasteiger partial charge is 0.252 e. The lowest BCUT2D eigenvalue weighted by atomic mass is 9.88. The maximum atomic E-state index is 13.6. The van der Waals surface area contributed by atoms with E-state index in [4.69, 9.17) is 0 Å². The van der Waals surface area contributed by atoms with E-state index in [0.29, 0.717) is 43.7 Å². The third-order valence-corrected chi connectivity index (χ3v) is 7.03. The summed E-state index contributed by atoms with van der Waals surface area (Å²) in [7, 11) is 3.98. The Hall–Kier alpha value is -2.42. The van der Waals surface area contributed by atoms with Crippen LogP contribution in [0, 0.1) is 5.92 Å². The second-order valence-electron chi connectivity index (χ2n) is 10.9. The number of carbonyl (C=O) groups is 4. The number of nitrogens with one attached hydrogen (secondary N) is 1. The molecule has 0 aromatic rings. The van der Waals surface area contributed by atoms with Crippen molar-refractivity contribution in [3.05, 3.63) is 11.3 Å². The van der Waals surface area contributed by atoms with Crippen LogP contribution in [0.25, 0.3) is 0 Å². The summed E-state index contributed by atoms with van der Waals surface area (Å²) in [5.41, 5.74) is 1.28. The Bertz CT molecular complexity index is 828. The number of hydrogen-bond acceptors (Lipinski definition) is 5. The minimum absolute atomic E-state index is 0.0171. The standard InChI is InChI=1S/C27H47N5O4/c1-19(2)32(20(3)4)27(36)23-17-22(18-24(33)28-12-9-13-29(6)7)26(35)31(21(23)5)16-10-15-30-14-8-11-25(30)34/h19-20,22H,8-18H2,1-7H3,(H,28,33). The number of hydrogen-bond donors (Lipinski definition) is 1. The molecule has 9 heteroatoms. The summed E-state index contributed by atoms with van der Waals surface area (Å²) in [5.74, 6) is -0.750. The molecule has 1 fully saturated rings. The number of nitrogens with zero attached hydrogens (tertiary/aromatic N) is 4. The number of carbonyl (C=O) groups excluding carboxylic acids is 4. The van der Waals surface area contributed by atoms with Crippen molar-refractivity contribution < 1.29 is 19.2 Å². The highest BCUT2D eigenvalue weighted by molar-refractivity contribution is 5.99. The molecule has 4 amide bonds. The molecule has 2 heterocycles. The van der Waals surface area contributed by atoms with Crippen molar-refractivity contribution in [1.29, 1.82) is 0 Å². The topological polar surface area (TPSA) is 93.3 Å². The van der Waals surface area contributed by atoms with E-state index in [-0.39, 0.29) is 48.6 Å². The van der Waals surface area contributed by atoms with Crippen molar-refractivity contribution >= 4 is 23.6 Å². The van der Waals surface area contributed by atoms with Gasteiger partial charge in [-0.25, -0.2) is 0 Å². The molecular formula is C27H47N5O4. The lowest BCUT2D eigenvalue weighted by molar-refractivity contribution is -0.139. The highest BCUT2D eigenvalue weighted by atomic mass is 16.2. The average molecular weight is 506 g/mol. The van der Waals surface area contributed by atoms with Crippen LogP contribution in [0.1, 0.15) is 73.1 Å². The lowest BCUT2D eigenvalue weighted by Crippen LogP contribution is -2.48. The summed E-state index contributed by atoms with van der Waals surface area (Å²) in [6.45, 7) is 13.0. The largest absolute Gasteiger partial charge is 0.356 e. The van der Waals surface area contributed by atoms with Gasteiger partial charge in [-0.1, -0.05) is 0 Å². The Morgan fingerprint density at radius 1 is 1.06 bits per heavy atom. The molecule has 1 unspecified atom stereocenters. The van der Waals surface area contributed by atoms with Crippen LogP contribution in [0.2, 0.25) is 0 Å². The van der Waals surface area contributed by atoms with E-state index >= 15 is 0 Å². The third kappa shape index (κ3) is 8.05. The van der Waals surface area contributed by atoms with Crippen LogP contribution in [-0.4, -0.2) is 102 Å². The summed E-state index contributed by atoms with van der Waals surface area (Å²) < 4.78 is 0. The molecule has 0 saturated carbocycles. The third-order valence-electron chi connectivity index (χ3n) is 7.03. The van der Waals surface area contributed by atoms with Crippen molar-refractivity contribution in [1.82, 2.24) is 24.9 Å². The van der Waals surface area contributed by atoms with Crippen LogP contribution in [0.15, 0.2) is 11.3 Å². The molecular weight excluding hydrogens is 458 g/mol. The Morgan fingerprint density at radius 2 is 1.72 bits per heavy atom. The molecule has 2 aliphatic heterocycles. The van der Waals surface area contributed by atoms with Gasteiger partial charge in [0.25, 0.3) is 5.91 Å². The zero-order chi connectivity index (χ0) is 27.0. The fourth-order valence-corrected chi connectivity index (χ4v) is 5.21. The summed E-state index contributed by atoms with van der Waals surface area (Å²) >= 11 is 0. The fraction of sp³-hybridized carbons (Fsp3) is 0.778. The zero-order valence-electron chi connectivity index (χ0n) is 23.4. The molecule has 9 nitrogen and oxygen atoms in total. The zero-order valence-corrected chi connectivity index (χ0v) is 23.4. The maximum absolute atomic E-state index is 13.6. The molecule has 0 spiro atoms. The SMILES string of the molecule is CC1=C(C(=O)N(C(C)C)C(C)C)CC(CC(=O)NCCCN(C)C)C(=O)N1CCCN1CCCC1=O. The number of allylic oxidation sites excluding steroid dienone is 1. The number of rotatable bonds is 13. The van der Waals surface area contributed by atoms with E-state index in [2.05, 4.69) is 10.2 Å². The first kappa shape index (κ1) is 29.8. The highest BCUT2D eigenvalue weighted by Crippen LogP contribution is 2.32. The van der Waals surface area contributed by atoms with Crippen molar-refractivity contribution in [2.75, 3.05) is 46.8 Å². The molecule has 204 valence electrons. The van der Waals surface area contributed by atoms with Gasteiger partial charge in [-0.2, -0.15) is 0 Å². The highest BCUT2D eigenvalue weighted by Gasteiger charge is 2.38. The van der Waals surface area contributed by atoms with Gasteiger partial charge in [0.1, 0.15) is 0 Å². The van der Waals surface area contributed by atoms with Gasteiger partial charge in [0.15, 0.2) is 0 Å². The number of amides is 4. The molecule has 2 aliphatic rings. The van der Waals surface area contributed by atoms with Gasteiger partial charge in [0.05, 0.1) is 5.92 Å². The van der Waals surface area contributed by atoms with E-state index in [1.54, 1.807) is 4.90 Å². The normalized spacial score (nSPS) is 18.8. The van der Waals surface area contributed by atoms with Crippen LogP contribution in [0.4, 0.5) is 0 Å². The molecule has 0 radical (unpaired) electrons. The van der Waals surface area contributed by atoms with Gasteiger partial charge in [-0.3, -0.25) is 19.2 Å². The Kier molecular flexibility index (Phi) is 11.4. The minimum Gasteiger partial charge on any atom is -0.356 e. The molecule has 36 heavy (non-hydrogen) atoms. The fourth-order valence-electron chi connectivity index (χ4n) is 5.21. The lowest BCUT2D eigenvalue weighted by Gasteiger charge is -2.38. The first-order valence-corrected chi connectivity index (χ1v) is 13.5. The van der Waals surface area contributed by atoms with Crippen molar-refractivity contribution in [2.45, 2.75) is 85.2 Å². The monoisotopic (exact) mass is 505 g/mol. The van der Waals surface area contributed by atoms with Crippen LogP contribution < -0.4 is 5.32 Å². The van der Waals surface area contributed by atoms with E-state index < -0.39 is 5.92 Å². The van der Waals surface area contributed by atoms with Gasteiger partial charge in [-0.05, 0) is 80.9 Å². The molecule has 0 aliphatic carbocycles. The quantitative estimate of drug-likeness (QED) is 0.388. The Morgan fingerprint density at radius 3 is 2.28 bits per heavy atom. The van der Waals surface area contributed by atoms with Gasteiger partial charge < -0.3 is 24.9 Å². The van der Waals surface area contributed by atoms with Crippen LogP contribution in [-0.2, 0) is 19.2 Å². The van der Waals surface area contributed by atoms with Gasteiger partial charge in [0, 0.05) is 62.4 Å². The van der Waals surface area contributed by atoms with Crippen LogP contribution in [0.3, 0.4) is 0 Å². The van der Waals surface area contributed by atoms with Crippen LogP contribution >= 0.6 is 0 Å². The molecule has 0 aromatic heterocycles. The van der Waals surface area contributed by atoms with Crippen molar-refractivity contribution in [3.8, 4) is 0 Å².